The average molecular weight is 440 g/mol. The molecule has 3 aromatic rings. The Labute approximate surface area is 187 Å². The molecule has 0 fully saturated rings. The molecule has 152 valence electrons. The van der Waals surface area contributed by atoms with Gasteiger partial charge >= 0.3 is 33.9 Å². The van der Waals surface area contributed by atoms with Crippen molar-refractivity contribution in [3.63, 3.8) is 0 Å². The second-order valence-corrected chi connectivity index (χ2v) is 5.52. The molecule has 0 heterocycles. The van der Waals surface area contributed by atoms with Crippen LogP contribution in [-0.4, -0.2) is 5.11 Å². The molecule has 0 unspecified atom stereocenters. The Morgan fingerprint density at radius 2 is 1.07 bits per heavy atom. The summed E-state index contributed by atoms with van der Waals surface area (Å²) in [6.07, 6.45) is -0.782. The molecule has 0 aliphatic carbocycles. The van der Waals surface area contributed by atoms with Crippen molar-refractivity contribution in [2.75, 3.05) is 0 Å². The summed E-state index contributed by atoms with van der Waals surface area (Å²) in [6, 6.07) is 27.4. The van der Waals surface area contributed by atoms with Gasteiger partial charge in [-0.05, 0) is 24.1 Å². The van der Waals surface area contributed by atoms with Crippen molar-refractivity contribution in [2.45, 2.75) is 19.1 Å². The van der Waals surface area contributed by atoms with Crippen LogP contribution in [0.15, 0.2) is 84.9 Å². The summed E-state index contributed by atoms with van der Waals surface area (Å²) in [5, 5.41) is 10.7. The third-order valence-electron chi connectivity index (χ3n) is 3.90. The van der Waals surface area contributed by atoms with Crippen LogP contribution >= 0.6 is 0 Å². The van der Waals surface area contributed by atoms with E-state index in [-0.39, 0.29) is 23.5 Å². The molecular formula is C24H20CrO5. The van der Waals surface area contributed by atoms with Crippen molar-refractivity contribution >= 4 is 0 Å². The Bertz CT molecular complexity index is 862. The Kier molecular flexibility index (Phi) is 17.8. The fraction of sp³-hybridized carbons (Fsp3) is 0.125. The van der Waals surface area contributed by atoms with Gasteiger partial charge in [0, 0.05) is 22.9 Å². The maximum atomic E-state index is 10.7. The van der Waals surface area contributed by atoms with Crippen LogP contribution in [0.3, 0.4) is 0 Å². The molecule has 5 nitrogen and oxygen atoms in total. The van der Waals surface area contributed by atoms with Crippen LogP contribution < -0.4 is 4.74 Å². The summed E-state index contributed by atoms with van der Waals surface area (Å²) < 4.78 is 28.6. The smallest absolute Gasteiger partial charge is 0 e. The zero-order chi connectivity index (χ0) is 22.1. The van der Waals surface area contributed by atoms with E-state index >= 15 is 0 Å². The Balaban J connectivity index is 0. The normalized spacial score (nSPS) is 10.4. The van der Waals surface area contributed by atoms with Gasteiger partial charge in [-0.3, -0.25) is 0 Å². The van der Waals surface area contributed by atoms with Crippen molar-refractivity contribution in [1.29, 1.82) is 0 Å². The van der Waals surface area contributed by atoms with E-state index < -0.39 is 6.10 Å². The first-order chi connectivity index (χ1) is 14.3. The third kappa shape index (κ3) is 9.11. The molecule has 0 aromatic heterocycles. The van der Waals surface area contributed by atoms with Crippen molar-refractivity contribution in [3.8, 4) is 5.75 Å². The largest absolute Gasteiger partial charge is 0 e. The van der Waals surface area contributed by atoms with Crippen LogP contribution in [0.2, 0.25) is 0 Å². The predicted octanol–water partition coefficient (Wildman–Crippen LogP) is 4.79. The molecule has 3 aromatic carbocycles. The van der Waals surface area contributed by atoms with Crippen molar-refractivity contribution < 1.29 is 41.2 Å². The molecule has 1 N–H and O–H groups in total. The minimum atomic E-state index is -0.699. The molecule has 0 radical (unpaired) electrons. The SMILES string of the molecule is C[C@H](Oc1ccccc1[C@@H](O)c1ccccc1)c1ccccc1.[C-]#[O+].[C-]#[O+].[C-]#[O+].[Cr]. The average Bonchev–Trinajstić information content (AvgIpc) is 2.84. The first kappa shape index (κ1) is 29.4. The van der Waals surface area contributed by atoms with Gasteiger partial charge in [0.1, 0.15) is 18.0 Å². The minimum Gasteiger partial charge on any atom is 0 e. The van der Waals surface area contributed by atoms with Gasteiger partial charge in [-0.2, -0.15) is 0 Å². The van der Waals surface area contributed by atoms with Crippen LogP contribution in [0.5, 0.6) is 5.75 Å². The maximum absolute atomic E-state index is 10.7. The van der Waals surface area contributed by atoms with Crippen LogP contribution in [0, 0.1) is 20.0 Å². The van der Waals surface area contributed by atoms with Gasteiger partial charge in [-0.25, -0.2) is 0 Å². The first-order valence-corrected chi connectivity index (χ1v) is 8.40. The summed E-state index contributed by atoms with van der Waals surface area (Å²) in [6.45, 7) is 15.5. The molecule has 0 spiro atoms. The van der Waals surface area contributed by atoms with Gasteiger partial charge in [-0.1, -0.05) is 78.9 Å². The molecule has 3 rings (SSSR count). The van der Waals surface area contributed by atoms with E-state index in [1.54, 1.807) is 0 Å². The molecule has 0 saturated carbocycles. The number of aliphatic hydroxyl groups excluding tert-OH is 1. The molecular weight excluding hydrogens is 420 g/mol. The predicted molar refractivity (Wildman–Crippen MR) is 104 cm³/mol. The van der Waals surface area contributed by atoms with Gasteiger partial charge in [0.05, 0.1) is 0 Å². The van der Waals surface area contributed by atoms with Crippen LogP contribution in [0.4, 0.5) is 0 Å². The number of aliphatic hydroxyl groups is 1. The summed E-state index contributed by atoms with van der Waals surface area (Å²) >= 11 is 0. The van der Waals surface area contributed by atoms with E-state index in [9.17, 15) is 5.11 Å². The Morgan fingerprint density at radius 3 is 1.57 bits per heavy atom. The van der Waals surface area contributed by atoms with E-state index in [1.807, 2.05) is 91.9 Å². The quantitative estimate of drug-likeness (QED) is 0.457. The van der Waals surface area contributed by atoms with E-state index in [0.717, 1.165) is 16.7 Å². The third-order valence-corrected chi connectivity index (χ3v) is 3.90. The number of rotatable bonds is 5. The zero-order valence-electron chi connectivity index (χ0n) is 16.2. The molecule has 0 saturated heterocycles. The molecule has 0 amide bonds. The molecule has 2 atom stereocenters. The molecule has 0 aliphatic heterocycles. The van der Waals surface area contributed by atoms with Crippen molar-refractivity contribution in [3.05, 3.63) is 122 Å². The van der Waals surface area contributed by atoms with Gasteiger partial charge in [-0.15, -0.1) is 0 Å². The van der Waals surface area contributed by atoms with Crippen molar-refractivity contribution in [2.24, 2.45) is 0 Å². The van der Waals surface area contributed by atoms with Gasteiger partial charge in [0.15, 0.2) is 0 Å². The number of hydrogen-bond donors (Lipinski definition) is 1. The number of benzene rings is 3. The number of para-hydroxylation sites is 1. The monoisotopic (exact) mass is 440 g/mol. The summed E-state index contributed by atoms with van der Waals surface area (Å²) in [4.78, 5) is 0. The van der Waals surface area contributed by atoms with E-state index in [4.69, 9.17) is 18.7 Å². The second kappa shape index (κ2) is 18.2. The van der Waals surface area contributed by atoms with E-state index in [1.165, 1.54) is 0 Å². The standard InChI is InChI=1S/C21H20O2.3CO.Cr/c1-16(17-10-4-2-5-11-17)23-20-15-9-8-14-19(20)21(22)18-12-6-3-7-13-18;3*1-2;/h2-16,21-22H,1H3;;;;/t16-,21-;;;;/m0..../s1. The zero-order valence-corrected chi connectivity index (χ0v) is 17.5. The number of hydrogen-bond acceptors (Lipinski definition) is 2. The van der Waals surface area contributed by atoms with Gasteiger partial charge in [0.2, 0.25) is 0 Å². The van der Waals surface area contributed by atoms with Crippen LogP contribution in [0.25, 0.3) is 0 Å². The van der Waals surface area contributed by atoms with Crippen molar-refractivity contribution in [1.82, 2.24) is 0 Å². The summed E-state index contributed by atoms with van der Waals surface area (Å²) in [7, 11) is 0. The maximum Gasteiger partial charge on any atom is 0 e. The summed E-state index contributed by atoms with van der Waals surface area (Å²) in [5.41, 5.74) is 2.74. The van der Waals surface area contributed by atoms with Gasteiger partial charge in [0.25, 0.3) is 0 Å². The summed E-state index contributed by atoms with van der Waals surface area (Å²) in [5.74, 6) is 0.709. The van der Waals surface area contributed by atoms with E-state index in [0.29, 0.717) is 5.75 Å². The second-order valence-electron chi connectivity index (χ2n) is 5.52. The van der Waals surface area contributed by atoms with Gasteiger partial charge < -0.3 is 9.84 Å². The first-order valence-electron chi connectivity index (χ1n) is 8.40. The van der Waals surface area contributed by atoms with E-state index in [2.05, 4.69) is 20.0 Å². The topological polar surface area (TPSA) is 89.2 Å². The minimum absolute atomic E-state index is 0. The Morgan fingerprint density at radius 1 is 0.667 bits per heavy atom. The molecule has 0 bridgehead atoms. The fourth-order valence-electron chi connectivity index (χ4n) is 2.61. The Hall–Kier alpha value is -2.83. The number of ether oxygens (including phenoxy) is 1. The van der Waals surface area contributed by atoms with Crippen LogP contribution in [0.1, 0.15) is 35.8 Å². The molecule has 30 heavy (non-hydrogen) atoms. The van der Waals surface area contributed by atoms with Crippen LogP contribution in [-0.2, 0) is 31.3 Å². The fourth-order valence-corrected chi connectivity index (χ4v) is 2.61. The molecule has 0 aliphatic rings. The molecule has 6 heteroatoms.